The average molecular weight is 592 g/mol. The van der Waals surface area contributed by atoms with E-state index in [4.69, 9.17) is 16.3 Å². The van der Waals surface area contributed by atoms with E-state index in [0.29, 0.717) is 35.7 Å². The molecule has 2 bridgehead atoms. The van der Waals surface area contributed by atoms with Crippen LogP contribution < -0.4 is 9.80 Å². The van der Waals surface area contributed by atoms with Gasteiger partial charge in [0.1, 0.15) is 11.6 Å². The first kappa shape index (κ1) is 30.0. The lowest BCUT2D eigenvalue weighted by Gasteiger charge is -2.37. The molecular weight excluding hydrogens is 554 g/mol. The van der Waals surface area contributed by atoms with E-state index in [9.17, 15) is 19.5 Å². The summed E-state index contributed by atoms with van der Waals surface area (Å²) in [5.74, 6) is -2.64. The first-order valence-corrected chi connectivity index (χ1v) is 14.8. The van der Waals surface area contributed by atoms with Gasteiger partial charge in [-0.1, -0.05) is 61.0 Å². The number of nitrogens with zero attached hydrogens (tertiary/aromatic N) is 3. The summed E-state index contributed by atoms with van der Waals surface area (Å²) in [4.78, 5) is 48.1. The number of anilines is 2. The molecule has 1 spiro atoms. The molecule has 5 rings (SSSR count). The molecule has 9 heteroatoms. The van der Waals surface area contributed by atoms with Crippen molar-refractivity contribution in [1.29, 1.82) is 0 Å². The summed E-state index contributed by atoms with van der Waals surface area (Å²) in [7, 11) is 0. The molecule has 1 N–H and O–H groups in total. The zero-order valence-corrected chi connectivity index (χ0v) is 24.9. The molecule has 0 aliphatic carbocycles. The quantitative estimate of drug-likeness (QED) is 0.388. The number of halogens is 1. The summed E-state index contributed by atoms with van der Waals surface area (Å²) < 4.78 is 6.90. The maximum Gasteiger partial charge on any atom is 0.253 e. The standard InChI is InChI=1S/C33H38ClN3O5/c1-5-18-35(23-13-9-8-10-14-23)29(39)25-26-30(40)37(20-21-38)28(33(26)17-16-32(25,7-3)42-33)31(41)36(19-6-2)27-22(4)12-11-15-24(27)34/h5-6,8-15,25-26,28,38H,1-2,7,16-21H2,3-4H3/t25-,26+,28?,32+,33?/m1/s1. The zero-order valence-electron chi connectivity index (χ0n) is 24.2. The molecule has 2 unspecified atom stereocenters. The molecule has 3 heterocycles. The van der Waals surface area contributed by atoms with Gasteiger partial charge in [0, 0.05) is 25.3 Å². The molecule has 0 radical (unpaired) electrons. The molecule has 3 aliphatic rings. The maximum atomic E-state index is 14.7. The number of carbonyl (C=O) groups is 3. The molecule has 3 fully saturated rings. The van der Waals surface area contributed by atoms with Crippen LogP contribution >= 0.6 is 11.6 Å². The second-order valence-electron chi connectivity index (χ2n) is 11.3. The van der Waals surface area contributed by atoms with Crippen LogP contribution in [0.2, 0.25) is 5.02 Å². The predicted octanol–water partition coefficient (Wildman–Crippen LogP) is 4.53. The number of ether oxygens (including phenoxy) is 1. The first-order valence-electron chi connectivity index (χ1n) is 14.5. The molecule has 0 aromatic heterocycles. The average Bonchev–Trinajstić information content (AvgIpc) is 3.59. The highest BCUT2D eigenvalue weighted by Crippen LogP contribution is 2.64. The summed E-state index contributed by atoms with van der Waals surface area (Å²) in [6.07, 6.45) is 4.75. The van der Waals surface area contributed by atoms with Crippen molar-refractivity contribution in [2.75, 3.05) is 36.0 Å². The van der Waals surface area contributed by atoms with Gasteiger partial charge in [0.15, 0.2) is 0 Å². The minimum atomic E-state index is -1.23. The number of aliphatic hydroxyl groups excluding tert-OH is 1. The summed E-state index contributed by atoms with van der Waals surface area (Å²) in [5.41, 5.74) is -0.111. The van der Waals surface area contributed by atoms with Crippen molar-refractivity contribution in [3.63, 3.8) is 0 Å². The van der Waals surface area contributed by atoms with Gasteiger partial charge >= 0.3 is 0 Å². The van der Waals surface area contributed by atoms with Crippen molar-refractivity contribution in [1.82, 2.24) is 4.90 Å². The summed E-state index contributed by atoms with van der Waals surface area (Å²) in [5, 5.41) is 10.4. The Hall–Kier alpha value is -3.46. The minimum Gasteiger partial charge on any atom is -0.395 e. The van der Waals surface area contributed by atoms with Crippen molar-refractivity contribution >= 4 is 40.7 Å². The van der Waals surface area contributed by atoms with Gasteiger partial charge in [-0.15, -0.1) is 13.2 Å². The van der Waals surface area contributed by atoms with E-state index >= 15 is 0 Å². The van der Waals surface area contributed by atoms with Crippen LogP contribution in [0.15, 0.2) is 73.8 Å². The number of amides is 3. The number of β-amino-alcohol motifs (C(OH)–C–C–N with tert-alkyl or cyclic N) is 1. The van der Waals surface area contributed by atoms with Crippen molar-refractivity contribution in [2.24, 2.45) is 11.8 Å². The summed E-state index contributed by atoms with van der Waals surface area (Å²) in [6, 6.07) is 13.6. The third-order valence-electron chi connectivity index (χ3n) is 9.20. The van der Waals surface area contributed by atoms with Crippen LogP contribution in [0.25, 0.3) is 0 Å². The monoisotopic (exact) mass is 591 g/mol. The number of para-hydroxylation sites is 2. The molecule has 3 aliphatic heterocycles. The molecule has 5 atom stereocenters. The Balaban J connectivity index is 1.63. The molecule has 8 nitrogen and oxygen atoms in total. The van der Waals surface area contributed by atoms with Gasteiger partial charge in [-0.05, 0) is 49.9 Å². The van der Waals surface area contributed by atoms with Crippen LogP contribution in [0, 0.1) is 18.8 Å². The highest BCUT2D eigenvalue weighted by molar-refractivity contribution is 6.34. The zero-order chi connectivity index (χ0) is 30.2. The highest BCUT2D eigenvalue weighted by atomic mass is 35.5. The van der Waals surface area contributed by atoms with E-state index in [1.807, 2.05) is 56.3 Å². The Kier molecular flexibility index (Phi) is 8.34. The van der Waals surface area contributed by atoms with E-state index in [1.54, 1.807) is 28.0 Å². The van der Waals surface area contributed by atoms with Crippen LogP contribution in [0.4, 0.5) is 11.4 Å². The van der Waals surface area contributed by atoms with E-state index < -0.39 is 29.1 Å². The van der Waals surface area contributed by atoms with Gasteiger partial charge in [0.25, 0.3) is 5.91 Å². The van der Waals surface area contributed by atoms with Crippen molar-refractivity contribution in [3.05, 3.63) is 84.4 Å². The SMILES string of the molecule is C=CCN(C(=O)[C@H]1[C@H]2C(=O)N(CCO)C(C(=O)N(CC=C)c3c(C)cccc3Cl)C23CC[C@]1(CC)O3)c1ccccc1. The van der Waals surface area contributed by atoms with Crippen molar-refractivity contribution in [3.8, 4) is 0 Å². The number of likely N-dealkylation sites (tertiary alicyclic amines) is 1. The first-order chi connectivity index (χ1) is 20.2. The summed E-state index contributed by atoms with van der Waals surface area (Å²) >= 11 is 6.62. The van der Waals surface area contributed by atoms with Crippen LogP contribution in [0.1, 0.15) is 31.7 Å². The van der Waals surface area contributed by atoms with E-state index in [-0.39, 0.29) is 44.0 Å². The van der Waals surface area contributed by atoms with E-state index in [1.165, 1.54) is 4.90 Å². The normalized spacial score (nSPS) is 27.6. The third-order valence-corrected chi connectivity index (χ3v) is 9.51. The van der Waals surface area contributed by atoms with Crippen LogP contribution in [-0.2, 0) is 19.1 Å². The molecule has 222 valence electrons. The van der Waals surface area contributed by atoms with Gasteiger partial charge in [-0.2, -0.15) is 0 Å². The number of hydrogen-bond donors (Lipinski definition) is 1. The third kappa shape index (κ3) is 4.48. The number of aliphatic hydroxyl groups is 1. The number of hydrogen-bond acceptors (Lipinski definition) is 5. The largest absolute Gasteiger partial charge is 0.395 e. The van der Waals surface area contributed by atoms with Crippen LogP contribution in [0.5, 0.6) is 0 Å². The lowest BCUT2D eigenvalue weighted by Crippen LogP contribution is -2.57. The second-order valence-corrected chi connectivity index (χ2v) is 11.7. The van der Waals surface area contributed by atoms with Crippen molar-refractivity contribution in [2.45, 2.75) is 50.4 Å². The van der Waals surface area contributed by atoms with Gasteiger partial charge in [0.05, 0.1) is 34.8 Å². The molecular formula is C33H38ClN3O5. The van der Waals surface area contributed by atoms with Gasteiger partial charge in [-0.3, -0.25) is 14.4 Å². The minimum absolute atomic E-state index is 0.0601. The fourth-order valence-electron chi connectivity index (χ4n) is 7.48. The molecule has 2 aromatic carbocycles. The maximum absolute atomic E-state index is 14.7. The summed E-state index contributed by atoms with van der Waals surface area (Å²) in [6.45, 7) is 11.6. The Bertz CT molecular complexity index is 1380. The molecule has 3 amide bonds. The smallest absolute Gasteiger partial charge is 0.253 e. The molecule has 42 heavy (non-hydrogen) atoms. The lowest BCUT2D eigenvalue weighted by molar-refractivity contribution is -0.146. The highest BCUT2D eigenvalue weighted by Gasteiger charge is 2.79. The Morgan fingerprint density at radius 3 is 2.38 bits per heavy atom. The number of fused-ring (bicyclic) bond motifs is 1. The Labute approximate surface area is 252 Å². The van der Waals surface area contributed by atoms with Crippen LogP contribution in [-0.4, -0.2) is 71.2 Å². The second kappa shape index (κ2) is 11.7. The fourth-order valence-corrected chi connectivity index (χ4v) is 7.81. The predicted molar refractivity (Wildman–Crippen MR) is 163 cm³/mol. The topological polar surface area (TPSA) is 90.4 Å². The number of carbonyl (C=O) groups excluding carboxylic acids is 3. The lowest BCUT2D eigenvalue weighted by atomic mass is 9.64. The Morgan fingerprint density at radius 1 is 1.07 bits per heavy atom. The van der Waals surface area contributed by atoms with E-state index in [2.05, 4.69) is 13.2 Å². The number of aryl methyl sites for hydroxylation is 1. The molecule has 2 aromatic rings. The van der Waals surface area contributed by atoms with Gasteiger partial charge in [0.2, 0.25) is 11.8 Å². The van der Waals surface area contributed by atoms with Crippen molar-refractivity contribution < 1.29 is 24.2 Å². The number of benzene rings is 2. The number of rotatable bonds is 11. The van der Waals surface area contributed by atoms with Gasteiger partial charge in [-0.25, -0.2) is 0 Å². The molecule has 0 saturated carbocycles. The fraction of sp³-hybridized carbons (Fsp3) is 0.424. The molecule has 3 saturated heterocycles. The Morgan fingerprint density at radius 2 is 1.76 bits per heavy atom. The van der Waals surface area contributed by atoms with Crippen LogP contribution in [0.3, 0.4) is 0 Å². The van der Waals surface area contributed by atoms with E-state index in [0.717, 1.165) is 5.56 Å². The van der Waals surface area contributed by atoms with Gasteiger partial charge < -0.3 is 24.5 Å².